The van der Waals surface area contributed by atoms with Crippen LogP contribution in [0.15, 0.2) is 0 Å². The molecule has 17 heavy (non-hydrogen) atoms. The molecule has 0 aromatic carbocycles. The van der Waals surface area contributed by atoms with Gasteiger partial charge in [-0.3, -0.25) is 0 Å². The summed E-state index contributed by atoms with van der Waals surface area (Å²) in [5.74, 6) is 2.37. The fourth-order valence-corrected chi connectivity index (χ4v) is 2.01. The van der Waals surface area contributed by atoms with E-state index in [0.29, 0.717) is 5.92 Å². The van der Waals surface area contributed by atoms with Gasteiger partial charge in [-0.25, -0.2) is 4.98 Å². The molecule has 0 saturated carbocycles. The lowest BCUT2D eigenvalue weighted by molar-refractivity contribution is 0.335. The number of aryl methyl sites for hydroxylation is 1. The molecule has 1 aromatic heterocycles. The highest BCUT2D eigenvalue weighted by Gasteiger charge is 2.27. The number of hydrogen-bond acceptors (Lipinski definition) is 2. The summed E-state index contributed by atoms with van der Waals surface area (Å²) in [6.07, 6.45) is 2.04. The Morgan fingerprint density at radius 2 is 1.88 bits per heavy atom. The molecule has 0 radical (unpaired) electrons. The Hall–Kier alpha value is -0.990. The van der Waals surface area contributed by atoms with E-state index in [9.17, 15) is 0 Å². The van der Waals surface area contributed by atoms with Gasteiger partial charge in [0, 0.05) is 18.9 Å². The van der Waals surface area contributed by atoms with Crippen LogP contribution in [0.5, 0.6) is 0 Å². The number of rotatable bonds is 4. The van der Waals surface area contributed by atoms with E-state index in [2.05, 4.69) is 46.1 Å². The highest BCUT2D eigenvalue weighted by atomic mass is 15.1. The molecule has 0 saturated heterocycles. The highest BCUT2D eigenvalue weighted by Crippen LogP contribution is 2.37. The lowest BCUT2D eigenvalue weighted by Crippen LogP contribution is -2.17. The van der Waals surface area contributed by atoms with Crippen molar-refractivity contribution in [3.05, 3.63) is 11.5 Å². The van der Waals surface area contributed by atoms with E-state index in [0.717, 1.165) is 36.7 Å². The molecule has 0 fully saturated rings. The van der Waals surface area contributed by atoms with E-state index in [1.807, 2.05) is 0 Å². The quantitative estimate of drug-likeness (QED) is 0.869. The second kappa shape index (κ2) is 5.11. The summed E-state index contributed by atoms with van der Waals surface area (Å²) >= 11 is 0. The Morgan fingerprint density at radius 1 is 1.29 bits per heavy atom. The molecule has 1 aromatic rings. The Bertz CT molecular complexity index is 372. The minimum absolute atomic E-state index is 0.199. The van der Waals surface area contributed by atoms with Crippen molar-refractivity contribution in [3.8, 4) is 0 Å². The maximum absolute atomic E-state index is 6.26. The lowest BCUT2D eigenvalue weighted by Gasteiger charge is -2.26. The zero-order chi connectivity index (χ0) is 13.2. The highest BCUT2D eigenvalue weighted by molar-refractivity contribution is 5.41. The minimum Gasteiger partial charge on any atom is -0.384 e. The van der Waals surface area contributed by atoms with Crippen LogP contribution in [0.25, 0.3) is 0 Å². The smallest absolute Gasteiger partial charge is 0.127 e. The summed E-state index contributed by atoms with van der Waals surface area (Å²) in [5.41, 5.74) is 7.53. The summed E-state index contributed by atoms with van der Waals surface area (Å²) in [6, 6.07) is 0. The van der Waals surface area contributed by atoms with Gasteiger partial charge in [-0.15, -0.1) is 0 Å². The maximum atomic E-state index is 6.26. The number of nitrogen functional groups attached to an aromatic ring is 1. The van der Waals surface area contributed by atoms with E-state index < -0.39 is 0 Å². The van der Waals surface area contributed by atoms with Crippen LogP contribution in [0.2, 0.25) is 0 Å². The molecule has 2 N–H and O–H groups in total. The fraction of sp³-hybridized carbons (Fsp3) is 0.786. The average molecular weight is 237 g/mol. The van der Waals surface area contributed by atoms with Gasteiger partial charge in [0.25, 0.3) is 0 Å². The topological polar surface area (TPSA) is 43.8 Å². The van der Waals surface area contributed by atoms with Crippen molar-refractivity contribution in [2.24, 2.45) is 5.41 Å². The largest absolute Gasteiger partial charge is 0.384 e. The van der Waals surface area contributed by atoms with E-state index >= 15 is 0 Å². The van der Waals surface area contributed by atoms with Gasteiger partial charge in [0.15, 0.2) is 0 Å². The van der Waals surface area contributed by atoms with Crippen LogP contribution in [-0.4, -0.2) is 9.55 Å². The van der Waals surface area contributed by atoms with Crippen molar-refractivity contribution in [1.82, 2.24) is 9.55 Å². The molecule has 1 rings (SSSR count). The van der Waals surface area contributed by atoms with Crippen molar-refractivity contribution in [3.63, 3.8) is 0 Å². The molecule has 1 heterocycles. The van der Waals surface area contributed by atoms with Crippen LogP contribution < -0.4 is 5.73 Å². The van der Waals surface area contributed by atoms with E-state index in [4.69, 9.17) is 10.7 Å². The SMILES string of the molecule is CCCn1c(CC)nc(C(C)C(C)(C)C)c1N. The predicted octanol–water partition coefficient (Wildman–Crippen LogP) is 3.59. The molecular weight excluding hydrogens is 210 g/mol. The third-order valence-corrected chi connectivity index (χ3v) is 3.59. The summed E-state index contributed by atoms with van der Waals surface area (Å²) in [7, 11) is 0. The van der Waals surface area contributed by atoms with E-state index in [1.165, 1.54) is 0 Å². The van der Waals surface area contributed by atoms with E-state index in [1.54, 1.807) is 0 Å². The normalized spacial score (nSPS) is 14.0. The molecular formula is C14H27N3. The minimum atomic E-state index is 0.199. The first-order valence-electron chi connectivity index (χ1n) is 6.67. The van der Waals surface area contributed by atoms with Crippen molar-refractivity contribution in [2.45, 2.75) is 66.8 Å². The lowest BCUT2D eigenvalue weighted by atomic mass is 9.80. The monoisotopic (exact) mass is 237 g/mol. The average Bonchev–Trinajstić information content (AvgIpc) is 2.55. The summed E-state index contributed by atoms with van der Waals surface area (Å²) in [5, 5.41) is 0. The molecule has 98 valence electrons. The van der Waals surface area contributed by atoms with Crippen molar-refractivity contribution < 1.29 is 0 Å². The van der Waals surface area contributed by atoms with E-state index in [-0.39, 0.29) is 5.41 Å². The first-order valence-corrected chi connectivity index (χ1v) is 6.67. The number of anilines is 1. The standard InChI is InChI=1S/C14H27N3/c1-7-9-17-11(8-2)16-12(13(17)15)10(3)14(4,5)6/h10H,7-9,15H2,1-6H3. The van der Waals surface area contributed by atoms with Gasteiger partial charge in [-0.05, 0) is 11.8 Å². The van der Waals surface area contributed by atoms with Gasteiger partial charge in [0.1, 0.15) is 11.6 Å². The molecule has 0 amide bonds. The number of nitrogens with two attached hydrogens (primary N) is 1. The van der Waals surface area contributed by atoms with Crippen LogP contribution in [0.4, 0.5) is 5.82 Å². The first-order chi connectivity index (χ1) is 7.82. The van der Waals surface area contributed by atoms with Crippen molar-refractivity contribution in [2.75, 3.05) is 5.73 Å². The second-order valence-electron chi connectivity index (χ2n) is 5.89. The van der Waals surface area contributed by atoms with Crippen molar-refractivity contribution in [1.29, 1.82) is 0 Å². The zero-order valence-corrected chi connectivity index (χ0v) is 12.2. The molecule has 0 spiro atoms. The summed E-state index contributed by atoms with van der Waals surface area (Å²) in [6.45, 7) is 14.2. The molecule has 3 nitrogen and oxygen atoms in total. The number of hydrogen-bond donors (Lipinski definition) is 1. The Balaban J connectivity index is 3.18. The van der Waals surface area contributed by atoms with Crippen LogP contribution in [0.3, 0.4) is 0 Å². The Labute approximate surface area is 105 Å². The van der Waals surface area contributed by atoms with Gasteiger partial charge < -0.3 is 10.3 Å². The Morgan fingerprint density at radius 3 is 2.29 bits per heavy atom. The molecule has 0 aliphatic carbocycles. The summed E-state index contributed by atoms with van der Waals surface area (Å²) in [4.78, 5) is 4.75. The molecule has 1 atom stereocenters. The van der Waals surface area contributed by atoms with Gasteiger partial charge in [-0.1, -0.05) is 41.5 Å². The van der Waals surface area contributed by atoms with Crippen LogP contribution >= 0.6 is 0 Å². The Kier molecular flexibility index (Phi) is 4.23. The van der Waals surface area contributed by atoms with Gasteiger partial charge in [0.2, 0.25) is 0 Å². The number of aromatic nitrogens is 2. The molecule has 1 unspecified atom stereocenters. The van der Waals surface area contributed by atoms with Gasteiger partial charge >= 0.3 is 0 Å². The van der Waals surface area contributed by atoms with Crippen LogP contribution in [0.1, 0.15) is 65.4 Å². The molecule has 0 bridgehead atoms. The molecule has 3 heteroatoms. The number of imidazole rings is 1. The van der Waals surface area contributed by atoms with Crippen LogP contribution in [0, 0.1) is 5.41 Å². The van der Waals surface area contributed by atoms with Gasteiger partial charge in [-0.2, -0.15) is 0 Å². The molecule has 0 aliphatic heterocycles. The third kappa shape index (κ3) is 2.82. The number of nitrogens with zero attached hydrogens (tertiary/aromatic N) is 2. The summed E-state index contributed by atoms with van der Waals surface area (Å²) < 4.78 is 2.18. The first kappa shape index (κ1) is 14.1. The van der Waals surface area contributed by atoms with Gasteiger partial charge in [0.05, 0.1) is 5.69 Å². The second-order valence-corrected chi connectivity index (χ2v) is 5.89. The third-order valence-electron chi connectivity index (χ3n) is 3.59. The zero-order valence-electron chi connectivity index (χ0n) is 12.2. The fourth-order valence-electron chi connectivity index (χ4n) is 2.01. The predicted molar refractivity (Wildman–Crippen MR) is 74.2 cm³/mol. The molecule has 0 aliphatic rings. The van der Waals surface area contributed by atoms with Crippen LogP contribution in [-0.2, 0) is 13.0 Å². The maximum Gasteiger partial charge on any atom is 0.127 e. The van der Waals surface area contributed by atoms with Crippen molar-refractivity contribution >= 4 is 5.82 Å².